The average molecular weight is 458 g/mol. The maximum absolute atomic E-state index is 12.3. The van der Waals surface area contributed by atoms with Crippen LogP contribution in [-0.4, -0.2) is 23.4 Å². The first-order valence-corrected chi connectivity index (χ1v) is 10.7. The molecule has 3 aromatic carbocycles. The molecule has 1 aliphatic heterocycles. The van der Waals surface area contributed by atoms with E-state index in [1.165, 1.54) is 12.1 Å². The van der Waals surface area contributed by atoms with Crippen LogP contribution in [0.5, 0.6) is 11.5 Å². The van der Waals surface area contributed by atoms with Gasteiger partial charge in [-0.15, -0.1) is 0 Å². The van der Waals surface area contributed by atoms with E-state index in [2.05, 4.69) is 4.99 Å². The average Bonchev–Trinajstić information content (AvgIpc) is 3.19. The number of nitrogens with zero attached hydrogens (tertiary/aromatic N) is 2. The normalized spacial score (nSPS) is 14.0. The second-order valence-corrected chi connectivity index (χ2v) is 7.56. The van der Waals surface area contributed by atoms with Crippen LogP contribution in [0.3, 0.4) is 0 Å². The third-order valence-corrected chi connectivity index (χ3v) is 5.01. The highest BCUT2D eigenvalue weighted by atomic mass is 16.6. The third kappa shape index (κ3) is 5.29. The van der Waals surface area contributed by atoms with Gasteiger partial charge >= 0.3 is 5.97 Å². The zero-order valence-corrected chi connectivity index (χ0v) is 18.7. The Morgan fingerprint density at radius 3 is 2.56 bits per heavy atom. The molecule has 4 rings (SSSR count). The van der Waals surface area contributed by atoms with Gasteiger partial charge in [0.15, 0.2) is 17.2 Å². The van der Waals surface area contributed by atoms with E-state index in [1.54, 1.807) is 36.4 Å². The number of carbonyl (C=O) groups excluding carboxylic acids is 1. The minimum Gasteiger partial charge on any atom is -0.490 e. The molecular formula is C26H22N2O6. The van der Waals surface area contributed by atoms with Crippen molar-refractivity contribution in [3.8, 4) is 11.5 Å². The van der Waals surface area contributed by atoms with Gasteiger partial charge in [-0.2, -0.15) is 0 Å². The largest absolute Gasteiger partial charge is 0.490 e. The monoisotopic (exact) mass is 458 g/mol. The van der Waals surface area contributed by atoms with Crippen molar-refractivity contribution >= 4 is 23.6 Å². The van der Waals surface area contributed by atoms with Crippen molar-refractivity contribution in [2.45, 2.75) is 20.5 Å². The SMILES string of the molecule is CCOc1cc(/C=C2/N=C(c3ccc(C)cc3)OC2=O)ccc1OCc1cccc([N+](=O)[O-])c1. The second kappa shape index (κ2) is 9.99. The highest BCUT2D eigenvalue weighted by molar-refractivity contribution is 6.12. The molecule has 3 aromatic rings. The van der Waals surface area contributed by atoms with Crippen molar-refractivity contribution in [1.29, 1.82) is 0 Å². The lowest BCUT2D eigenvalue weighted by Crippen LogP contribution is -2.05. The highest BCUT2D eigenvalue weighted by Crippen LogP contribution is 2.31. The molecule has 0 bridgehead atoms. The Hall–Kier alpha value is -4.46. The minimum atomic E-state index is -0.528. The molecule has 0 aliphatic carbocycles. The number of hydrogen-bond acceptors (Lipinski definition) is 7. The van der Waals surface area contributed by atoms with Gasteiger partial charge in [0.05, 0.1) is 11.5 Å². The van der Waals surface area contributed by atoms with Crippen LogP contribution in [-0.2, 0) is 16.1 Å². The number of esters is 1. The summed E-state index contributed by atoms with van der Waals surface area (Å²) in [6, 6.07) is 19.0. The molecular weight excluding hydrogens is 436 g/mol. The Labute approximate surface area is 196 Å². The molecule has 0 amide bonds. The smallest absolute Gasteiger partial charge is 0.363 e. The molecule has 1 heterocycles. The van der Waals surface area contributed by atoms with Crippen LogP contribution in [0, 0.1) is 17.0 Å². The standard InChI is InChI=1S/C26H22N2O6/c1-3-32-24-15-18(9-12-23(24)33-16-19-5-4-6-21(13-19)28(30)31)14-22-26(29)34-25(27-22)20-10-7-17(2)8-11-20/h4-15H,3,16H2,1-2H3/b22-14+. The topological polar surface area (TPSA) is 100 Å². The summed E-state index contributed by atoms with van der Waals surface area (Å²) in [4.78, 5) is 27.2. The van der Waals surface area contributed by atoms with Gasteiger partial charge in [0.1, 0.15) is 6.61 Å². The van der Waals surface area contributed by atoms with Crippen molar-refractivity contribution in [2.24, 2.45) is 4.99 Å². The molecule has 1 aliphatic rings. The first-order chi connectivity index (χ1) is 16.4. The van der Waals surface area contributed by atoms with E-state index in [0.717, 1.165) is 11.1 Å². The van der Waals surface area contributed by atoms with Gasteiger partial charge in [-0.25, -0.2) is 9.79 Å². The number of nitro groups is 1. The van der Waals surface area contributed by atoms with Crippen LogP contribution in [0.25, 0.3) is 6.08 Å². The Bertz CT molecular complexity index is 1290. The lowest BCUT2D eigenvalue weighted by molar-refractivity contribution is -0.384. The number of cyclic esters (lactones) is 1. The summed E-state index contributed by atoms with van der Waals surface area (Å²) >= 11 is 0. The molecule has 0 N–H and O–H groups in total. The summed E-state index contributed by atoms with van der Waals surface area (Å²) in [5.41, 5.74) is 3.36. The Balaban J connectivity index is 1.54. The first-order valence-electron chi connectivity index (χ1n) is 10.7. The number of nitro benzene ring substituents is 1. The molecule has 172 valence electrons. The number of ether oxygens (including phenoxy) is 3. The third-order valence-electron chi connectivity index (χ3n) is 5.01. The minimum absolute atomic E-state index is 0.00196. The number of rotatable bonds is 8. The van der Waals surface area contributed by atoms with Crippen molar-refractivity contribution in [1.82, 2.24) is 0 Å². The van der Waals surface area contributed by atoms with Crippen molar-refractivity contribution in [3.63, 3.8) is 0 Å². The van der Waals surface area contributed by atoms with E-state index in [1.807, 2.05) is 38.1 Å². The molecule has 0 saturated heterocycles. The number of benzene rings is 3. The quantitative estimate of drug-likeness (QED) is 0.198. The lowest BCUT2D eigenvalue weighted by atomic mass is 10.1. The summed E-state index contributed by atoms with van der Waals surface area (Å²) in [5.74, 6) is 0.697. The van der Waals surface area contributed by atoms with E-state index in [-0.39, 0.29) is 23.9 Å². The molecule has 34 heavy (non-hydrogen) atoms. The van der Waals surface area contributed by atoms with Gasteiger partial charge in [-0.1, -0.05) is 35.9 Å². The van der Waals surface area contributed by atoms with Gasteiger partial charge in [0.25, 0.3) is 5.69 Å². The first kappa shape index (κ1) is 22.7. The maximum atomic E-state index is 12.3. The summed E-state index contributed by atoms with van der Waals surface area (Å²) in [6.07, 6.45) is 1.62. The molecule has 0 saturated carbocycles. The zero-order chi connectivity index (χ0) is 24.1. The van der Waals surface area contributed by atoms with Crippen LogP contribution < -0.4 is 9.47 Å². The number of aliphatic imine (C=N–C) groups is 1. The second-order valence-electron chi connectivity index (χ2n) is 7.56. The number of carbonyl (C=O) groups is 1. The fourth-order valence-electron chi connectivity index (χ4n) is 3.31. The number of hydrogen-bond donors (Lipinski definition) is 0. The van der Waals surface area contributed by atoms with Crippen LogP contribution in [0.15, 0.2) is 77.4 Å². The Morgan fingerprint density at radius 1 is 1.03 bits per heavy atom. The zero-order valence-electron chi connectivity index (χ0n) is 18.7. The Kier molecular flexibility index (Phi) is 6.68. The summed E-state index contributed by atoms with van der Waals surface area (Å²) in [6.45, 7) is 4.37. The molecule has 0 aromatic heterocycles. The number of aryl methyl sites for hydroxylation is 1. The molecule has 0 fully saturated rings. The predicted molar refractivity (Wildman–Crippen MR) is 127 cm³/mol. The van der Waals surface area contributed by atoms with E-state index < -0.39 is 10.9 Å². The van der Waals surface area contributed by atoms with Gasteiger partial charge in [-0.05, 0) is 55.3 Å². The summed E-state index contributed by atoms with van der Waals surface area (Å²) in [5, 5.41) is 11.0. The molecule has 0 unspecified atom stereocenters. The molecule has 8 nitrogen and oxygen atoms in total. The van der Waals surface area contributed by atoms with Gasteiger partial charge in [-0.3, -0.25) is 10.1 Å². The summed E-state index contributed by atoms with van der Waals surface area (Å²) < 4.78 is 16.9. The van der Waals surface area contributed by atoms with Crippen molar-refractivity contribution in [3.05, 3.63) is 105 Å². The molecule has 0 atom stereocenters. The van der Waals surface area contributed by atoms with E-state index in [9.17, 15) is 14.9 Å². The number of non-ortho nitro benzene ring substituents is 1. The van der Waals surface area contributed by atoms with E-state index in [0.29, 0.717) is 29.2 Å². The van der Waals surface area contributed by atoms with Crippen LogP contribution in [0.4, 0.5) is 5.69 Å². The molecule has 8 heteroatoms. The van der Waals surface area contributed by atoms with E-state index in [4.69, 9.17) is 14.2 Å². The van der Waals surface area contributed by atoms with Crippen LogP contribution in [0.1, 0.15) is 29.2 Å². The van der Waals surface area contributed by atoms with Crippen molar-refractivity contribution < 1.29 is 23.9 Å². The van der Waals surface area contributed by atoms with Gasteiger partial charge in [0, 0.05) is 17.7 Å². The fourth-order valence-corrected chi connectivity index (χ4v) is 3.31. The van der Waals surface area contributed by atoms with Crippen LogP contribution >= 0.6 is 0 Å². The molecule has 0 radical (unpaired) electrons. The summed E-state index contributed by atoms with van der Waals surface area (Å²) in [7, 11) is 0. The molecule has 0 spiro atoms. The maximum Gasteiger partial charge on any atom is 0.363 e. The Morgan fingerprint density at radius 2 is 1.82 bits per heavy atom. The predicted octanol–water partition coefficient (Wildman–Crippen LogP) is 5.23. The highest BCUT2D eigenvalue weighted by Gasteiger charge is 2.24. The van der Waals surface area contributed by atoms with Gasteiger partial charge in [0.2, 0.25) is 5.90 Å². The van der Waals surface area contributed by atoms with Crippen molar-refractivity contribution in [2.75, 3.05) is 6.61 Å². The lowest BCUT2D eigenvalue weighted by Gasteiger charge is -2.13. The van der Waals surface area contributed by atoms with Crippen LogP contribution in [0.2, 0.25) is 0 Å². The van der Waals surface area contributed by atoms with E-state index >= 15 is 0 Å². The fraction of sp³-hybridized carbons (Fsp3) is 0.154. The van der Waals surface area contributed by atoms with Gasteiger partial charge < -0.3 is 14.2 Å².